The Labute approximate surface area is 234 Å². The van der Waals surface area contributed by atoms with E-state index in [9.17, 15) is 18.0 Å². The van der Waals surface area contributed by atoms with E-state index in [1.165, 1.54) is 13.2 Å². The second kappa shape index (κ2) is 11.1. The lowest BCUT2D eigenvalue weighted by Crippen LogP contribution is -2.30. The number of amides is 1. The maximum Gasteiger partial charge on any atom is 0.416 e. The summed E-state index contributed by atoms with van der Waals surface area (Å²) in [6.45, 7) is 1.80. The van der Waals surface area contributed by atoms with Crippen molar-refractivity contribution >= 4 is 34.6 Å². The number of hydrogen-bond donors (Lipinski definition) is 2. The van der Waals surface area contributed by atoms with Gasteiger partial charge in [-0.15, -0.1) is 0 Å². The Balaban J connectivity index is 1.60. The molecule has 1 saturated heterocycles. The Morgan fingerprint density at radius 1 is 1.07 bits per heavy atom. The van der Waals surface area contributed by atoms with Gasteiger partial charge in [-0.25, -0.2) is 0 Å². The largest absolute Gasteiger partial charge is 0.416 e. The van der Waals surface area contributed by atoms with Crippen molar-refractivity contribution < 1.29 is 22.7 Å². The zero-order valence-electron chi connectivity index (χ0n) is 21.6. The minimum absolute atomic E-state index is 0.0678. The highest BCUT2D eigenvalue weighted by Crippen LogP contribution is 2.43. The molecule has 0 bridgehead atoms. The average Bonchev–Trinajstić information content (AvgIpc) is 3.54. The van der Waals surface area contributed by atoms with Crippen LogP contribution < -0.4 is 15.5 Å². The molecule has 11 heteroatoms. The predicted molar refractivity (Wildman–Crippen MR) is 150 cm³/mol. The topological polar surface area (TPSA) is 71.4 Å². The first kappa shape index (κ1) is 27.4. The number of benzene rings is 2. The molecule has 7 nitrogen and oxygen atoms in total. The molecule has 1 aliphatic heterocycles. The lowest BCUT2D eigenvalue weighted by atomic mass is 10.00. The van der Waals surface area contributed by atoms with Crippen molar-refractivity contribution in [2.45, 2.75) is 25.2 Å². The molecule has 2 aromatic carbocycles. The van der Waals surface area contributed by atoms with Gasteiger partial charge in [0.05, 0.1) is 17.3 Å². The van der Waals surface area contributed by atoms with Gasteiger partial charge in [0.2, 0.25) is 5.91 Å². The molecular formula is C29H26F3N5O2S. The van der Waals surface area contributed by atoms with Crippen molar-refractivity contribution in [3.63, 3.8) is 0 Å². The fraction of sp³-hybridized carbons (Fsp3) is 0.207. The molecule has 0 saturated carbocycles. The van der Waals surface area contributed by atoms with Crippen LogP contribution in [0.4, 0.5) is 24.5 Å². The summed E-state index contributed by atoms with van der Waals surface area (Å²) in [5.74, 6) is -0.274. The molecule has 5 rings (SSSR count). The summed E-state index contributed by atoms with van der Waals surface area (Å²) in [6, 6.07) is 19.1. The van der Waals surface area contributed by atoms with Crippen LogP contribution in [-0.2, 0) is 15.7 Å². The zero-order chi connectivity index (χ0) is 28.4. The molecule has 2 atom stereocenters. The lowest BCUT2D eigenvalue weighted by molar-refractivity contribution is -0.137. The fourth-order valence-electron chi connectivity index (χ4n) is 4.89. The molecule has 40 heavy (non-hydrogen) atoms. The van der Waals surface area contributed by atoms with Gasteiger partial charge in [-0.3, -0.25) is 9.78 Å². The van der Waals surface area contributed by atoms with E-state index in [-0.39, 0.29) is 12.5 Å². The molecule has 0 radical (unpaired) electrons. The maximum atomic E-state index is 13.5. The molecular weight excluding hydrogens is 539 g/mol. The SMILES string of the molecule is COCC(=O)Nc1ccc(N2C(=S)N[C@@H](c3ccccn3)[C@H]2c2cccn2-c2cccc(C(F)(F)F)c2)cc1C. The number of aryl methyl sites for hydroxylation is 1. The molecule has 2 aromatic heterocycles. The summed E-state index contributed by atoms with van der Waals surface area (Å²) >= 11 is 5.80. The van der Waals surface area contributed by atoms with Crippen LogP contribution >= 0.6 is 12.2 Å². The molecule has 1 amide bonds. The van der Waals surface area contributed by atoms with Crippen LogP contribution in [0.25, 0.3) is 5.69 Å². The molecule has 0 aliphatic carbocycles. The number of methoxy groups -OCH3 is 1. The van der Waals surface area contributed by atoms with Gasteiger partial charge in [0.1, 0.15) is 12.6 Å². The maximum absolute atomic E-state index is 13.5. The van der Waals surface area contributed by atoms with Crippen molar-refractivity contribution in [1.82, 2.24) is 14.9 Å². The van der Waals surface area contributed by atoms with E-state index in [4.69, 9.17) is 17.0 Å². The summed E-state index contributed by atoms with van der Waals surface area (Å²) in [4.78, 5) is 18.5. The van der Waals surface area contributed by atoms with Crippen LogP contribution in [0.2, 0.25) is 0 Å². The highest BCUT2D eigenvalue weighted by Gasteiger charge is 2.42. The van der Waals surface area contributed by atoms with Crippen molar-refractivity contribution in [3.8, 4) is 5.69 Å². The van der Waals surface area contributed by atoms with E-state index in [2.05, 4.69) is 15.6 Å². The quantitative estimate of drug-likeness (QED) is 0.270. The number of aromatic nitrogens is 2. The number of anilines is 2. The molecule has 3 heterocycles. The minimum atomic E-state index is -4.47. The van der Waals surface area contributed by atoms with Crippen LogP contribution in [0.15, 0.2) is 85.2 Å². The van der Waals surface area contributed by atoms with Crippen LogP contribution in [0.5, 0.6) is 0 Å². The van der Waals surface area contributed by atoms with Crippen LogP contribution in [-0.4, -0.2) is 34.3 Å². The number of carbonyl (C=O) groups is 1. The number of halogens is 3. The van der Waals surface area contributed by atoms with E-state index in [1.807, 2.05) is 48.2 Å². The predicted octanol–water partition coefficient (Wildman–Crippen LogP) is 5.96. The molecule has 206 valence electrons. The van der Waals surface area contributed by atoms with E-state index in [0.29, 0.717) is 16.5 Å². The second-order valence-corrected chi connectivity index (χ2v) is 9.71. The molecule has 0 unspecified atom stereocenters. The summed E-state index contributed by atoms with van der Waals surface area (Å²) in [5, 5.41) is 6.63. The minimum Gasteiger partial charge on any atom is -0.375 e. The molecule has 0 spiro atoms. The summed E-state index contributed by atoms with van der Waals surface area (Å²) < 4.78 is 47.2. The Morgan fingerprint density at radius 3 is 2.60 bits per heavy atom. The van der Waals surface area contributed by atoms with Crippen molar-refractivity contribution in [3.05, 3.63) is 108 Å². The first-order valence-electron chi connectivity index (χ1n) is 12.4. The summed E-state index contributed by atoms with van der Waals surface area (Å²) in [6.07, 6.45) is -1.05. The zero-order valence-corrected chi connectivity index (χ0v) is 22.5. The number of thiocarbonyl (C=S) groups is 1. The first-order valence-corrected chi connectivity index (χ1v) is 12.8. The van der Waals surface area contributed by atoms with Crippen molar-refractivity contribution in [2.75, 3.05) is 23.9 Å². The average molecular weight is 566 g/mol. The smallest absolute Gasteiger partial charge is 0.375 e. The fourth-order valence-corrected chi connectivity index (χ4v) is 5.24. The van der Waals surface area contributed by atoms with Crippen molar-refractivity contribution in [1.29, 1.82) is 0 Å². The van der Waals surface area contributed by atoms with E-state index in [0.717, 1.165) is 34.8 Å². The van der Waals surface area contributed by atoms with Gasteiger partial charge in [-0.05, 0) is 85.4 Å². The Morgan fingerprint density at radius 2 is 1.90 bits per heavy atom. The lowest BCUT2D eigenvalue weighted by Gasteiger charge is -2.29. The van der Waals surface area contributed by atoms with Crippen LogP contribution in [0.1, 0.15) is 34.6 Å². The van der Waals surface area contributed by atoms with E-state index < -0.39 is 23.8 Å². The standard InChI is InChI=1S/C29H26F3N5O2S/c1-18-15-21(11-12-22(18)34-25(38)17-39-2)37-27(26(35-28(37)40)23-9-3-4-13-33-23)24-10-6-14-36(24)20-8-5-7-19(16-20)29(30,31)32/h3-16,26-27H,17H2,1-2H3,(H,34,38)(H,35,40)/t26-,27+/m0/s1. The molecule has 1 aliphatic rings. The van der Waals surface area contributed by atoms with Gasteiger partial charge in [0, 0.05) is 42.3 Å². The highest BCUT2D eigenvalue weighted by molar-refractivity contribution is 7.80. The van der Waals surface area contributed by atoms with Gasteiger partial charge >= 0.3 is 6.18 Å². The van der Waals surface area contributed by atoms with Gasteiger partial charge in [0.25, 0.3) is 0 Å². The van der Waals surface area contributed by atoms with Crippen molar-refractivity contribution in [2.24, 2.45) is 0 Å². The Kier molecular flexibility index (Phi) is 7.59. The Bertz CT molecular complexity index is 1540. The third kappa shape index (κ3) is 5.43. The van der Waals surface area contributed by atoms with E-state index >= 15 is 0 Å². The third-order valence-corrected chi connectivity index (χ3v) is 6.99. The van der Waals surface area contributed by atoms with E-state index in [1.54, 1.807) is 35.2 Å². The number of carbonyl (C=O) groups excluding carboxylic acids is 1. The van der Waals surface area contributed by atoms with Crippen LogP contribution in [0, 0.1) is 6.92 Å². The van der Waals surface area contributed by atoms with Gasteiger partial charge in [-0.2, -0.15) is 13.2 Å². The normalized spacial score (nSPS) is 17.1. The van der Waals surface area contributed by atoms with Gasteiger partial charge in [0.15, 0.2) is 5.11 Å². The Hall–Kier alpha value is -4.22. The number of nitrogens with one attached hydrogen (secondary N) is 2. The summed E-state index contributed by atoms with van der Waals surface area (Å²) in [7, 11) is 1.45. The number of rotatable bonds is 7. The molecule has 2 N–H and O–H groups in total. The third-order valence-electron chi connectivity index (χ3n) is 6.67. The molecule has 4 aromatic rings. The van der Waals surface area contributed by atoms with Crippen LogP contribution in [0.3, 0.4) is 0 Å². The number of nitrogens with zero attached hydrogens (tertiary/aromatic N) is 3. The monoisotopic (exact) mass is 565 g/mol. The molecule has 1 fully saturated rings. The second-order valence-electron chi connectivity index (χ2n) is 9.33. The number of pyridine rings is 1. The summed E-state index contributed by atoms with van der Waals surface area (Å²) in [5.41, 5.74) is 3.28. The van der Waals surface area contributed by atoms with Gasteiger partial charge < -0.3 is 24.8 Å². The van der Waals surface area contributed by atoms with Gasteiger partial charge in [-0.1, -0.05) is 12.1 Å². The number of alkyl halides is 3. The number of ether oxygens (including phenoxy) is 1. The highest BCUT2D eigenvalue weighted by atomic mass is 32.1. The number of hydrogen-bond acceptors (Lipinski definition) is 4. The first-order chi connectivity index (χ1) is 19.2.